The maximum absolute atomic E-state index is 12.5. The highest BCUT2D eigenvalue weighted by molar-refractivity contribution is 7.47. The van der Waals surface area contributed by atoms with Gasteiger partial charge >= 0.3 is 13.8 Å². The fraction of sp³-hybridized carbons (Fsp3) is 0.923. The van der Waals surface area contributed by atoms with Gasteiger partial charge in [0.15, 0.2) is 0 Å². The Morgan fingerprint density at radius 2 is 1.06 bits per heavy atom. The van der Waals surface area contributed by atoms with E-state index in [2.05, 4.69) is 26.0 Å². The number of hydrogen-bond donors (Lipinski definition) is 3. The molecule has 0 saturated carbocycles. The van der Waals surface area contributed by atoms with Crippen molar-refractivity contribution in [1.82, 2.24) is 0 Å². The molecule has 49 heavy (non-hydrogen) atoms. The molecule has 3 N–H and O–H groups in total. The Hall–Kier alpha value is -0.800. The summed E-state index contributed by atoms with van der Waals surface area (Å²) in [4.78, 5) is 22.5. The number of carbonyl (C=O) groups is 1. The van der Waals surface area contributed by atoms with Crippen LogP contribution in [0, 0.1) is 0 Å². The second-order valence-corrected chi connectivity index (χ2v) is 15.1. The SMILES string of the molecule is CCCC/C=C\CCCCCCCC(=O)OC(COCCCCCCCCCCCCCCCCCCC)COP(=O)(O)OCC(O)CO. The van der Waals surface area contributed by atoms with Crippen molar-refractivity contribution in [3.05, 3.63) is 12.2 Å². The van der Waals surface area contributed by atoms with E-state index in [1.807, 2.05) is 0 Å². The van der Waals surface area contributed by atoms with E-state index in [9.17, 15) is 19.4 Å². The Kier molecular flexibility index (Phi) is 36.4. The van der Waals surface area contributed by atoms with Crippen LogP contribution in [0.5, 0.6) is 0 Å². The molecule has 0 radical (unpaired) electrons. The van der Waals surface area contributed by atoms with E-state index in [0.717, 1.165) is 57.8 Å². The number of hydrogen-bond acceptors (Lipinski definition) is 8. The Morgan fingerprint density at radius 3 is 1.59 bits per heavy atom. The van der Waals surface area contributed by atoms with Crippen molar-refractivity contribution in [2.24, 2.45) is 0 Å². The highest BCUT2D eigenvalue weighted by Gasteiger charge is 2.26. The maximum Gasteiger partial charge on any atom is 0.472 e. The largest absolute Gasteiger partial charge is 0.472 e. The zero-order valence-electron chi connectivity index (χ0n) is 31.7. The number of rotatable bonds is 39. The molecule has 0 heterocycles. The van der Waals surface area contributed by atoms with Gasteiger partial charge in [0.2, 0.25) is 0 Å². The molecule has 9 nitrogen and oxygen atoms in total. The molecule has 0 aromatic rings. The first-order valence-corrected chi connectivity index (χ1v) is 21.7. The quantitative estimate of drug-likeness (QED) is 0.0246. The summed E-state index contributed by atoms with van der Waals surface area (Å²) in [6, 6.07) is 0. The molecule has 0 aromatic heterocycles. The Bertz CT molecular complexity index is 780. The van der Waals surface area contributed by atoms with Crippen LogP contribution in [-0.4, -0.2) is 66.3 Å². The summed E-state index contributed by atoms with van der Waals surface area (Å²) in [5.74, 6) is -0.391. The van der Waals surface area contributed by atoms with Gasteiger partial charge in [-0.15, -0.1) is 0 Å². The lowest BCUT2D eigenvalue weighted by Gasteiger charge is -2.20. The molecular weight excluding hydrogens is 643 g/mol. The normalized spacial score (nSPS) is 14.3. The van der Waals surface area contributed by atoms with Crippen LogP contribution in [0.2, 0.25) is 0 Å². The lowest BCUT2D eigenvalue weighted by molar-refractivity contribution is -0.154. The topological polar surface area (TPSA) is 132 Å². The summed E-state index contributed by atoms with van der Waals surface area (Å²) in [6.07, 6.45) is 34.6. The summed E-state index contributed by atoms with van der Waals surface area (Å²) in [5, 5.41) is 18.3. The summed E-state index contributed by atoms with van der Waals surface area (Å²) in [5.41, 5.74) is 0. The van der Waals surface area contributed by atoms with Crippen molar-refractivity contribution >= 4 is 13.8 Å². The molecule has 0 amide bonds. The monoisotopic (exact) mass is 721 g/mol. The van der Waals surface area contributed by atoms with Crippen molar-refractivity contribution in [2.45, 2.75) is 199 Å². The number of phosphoric acid groups is 1. The summed E-state index contributed by atoms with van der Waals surface area (Å²) in [6.45, 7) is 3.49. The van der Waals surface area contributed by atoms with Gasteiger partial charge in [0.1, 0.15) is 12.2 Å². The Labute approximate surface area is 300 Å². The molecule has 0 aliphatic carbocycles. The van der Waals surface area contributed by atoms with Crippen molar-refractivity contribution < 1.29 is 43.0 Å². The number of allylic oxidation sites excluding steroid dienone is 2. The molecule has 0 rings (SSSR count). The van der Waals surface area contributed by atoms with Gasteiger partial charge in [0, 0.05) is 13.0 Å². The number of aliphatic hydroxyl groups excluding tert-OH is 2. The van der Waals surface area contributed by atoms with E-state index in [-0.39, 0.29) is 19.6 Å². The van der Waals surface area contributed by atoms with Gasteiger partial charge in [0.25, 0.3) is 0 Å². The van der Waals surface area contributed by atoms with Gasteiger partial charge in [0.05, 0.1) is 26.4 Å². The third-order valence-corrected chi connectivity index (χ3v) is 9.65. The highest BCUT2D eigenvalue weighted by Crippen LogP contribution is 2.43. The molecule has 0 spiro atoms. The van der Waals surface area contributed by atoms with Gasteiger partial charge in [-0.3, -0.25) is 13.8 Å². The van der Waals surface area contributed by atoms with E-state index in [1.165, 1.54) is 109 Å². The number of carbonyl (C=O) groups excluding carboxylic acids is 1. The smallest absolute Gasteiger partial charge is 0.457 e. The van der Waals surface area contributed by atoms with Gasteiger partial charge in [-0.25, -0.2) is 4.57 Å². The average molecular weight is 721 g/mol. The van der Waals surface area contributed by atoms with Crippen LogP contribution in [0.3, 0.4) is 0 Å². The van der Waals surface area contributed by atoms with E-state index < -0.39 is 39.2 Å². The van der Waals surface area contributed by atoms with Crippen molar-refractivity contribution in [3.63, 3.8) is 0 Å². The highest BCUT2D eigenvalue weighted by atomic mass is 31.2. The first-order valence-electron chi connectivity index (χ1n) is 20.2. The third kappa shape index (κ3) is 36.8. The van der Waals surface area contributed by atoms with E-state index >= 15 is 0 Å². The molecular formula is C39H77O9P. The number of ether oxygens (including phenoxy) is 2. The fourth-order valence-corrected chi connectivity index (χ4v) is 6.36. The summed E-state index contributed by atoms with van der Waals surface area (Å²) < 4.78 is 33.2. The number of esters is 1. The average Bonchev–Trinajstić information content (AvgIpc) is 3.09. The minimum atomic E-state index is -4.51. The summed E-state index contributed by atoms with van der Waals surface area (Å²) in [7, 11) is -4.51. The Morgan fingerprint density at radius 1 is 0.612 bits per heavy atom. The van der Waals surface area contributed by atoms with Crippen molar-refractivity contribution in [1.29, 1.82) is 0 Å². The van der Waals surface area contributed by atoms with E-state index in [1.54, 1.807) is 0 Å². The van der Waals surface area contributed by atoms with Crippen LogP contribution in [0.25, 0.3) is 0 Å². The molecule has 0 aliphatic rings. The van der Waals surface area contributed by atoms with Crippen LogP contribution in [0.15, 0.2) is 12.2 Å². The molecule has 0 aliphatic heterocycles. The van der Waals surface area contributed by atoms with Crippen molar-refractivity contribution in [2.75, 3.05) is 33.0 Å². The minimum absolute atomic E-state index is 0.0512. The van der Waals surface area contributed by atoms with Crippen LogP contribution in [-0.2, 0) is 27.9 Å². The lowest BCUT2D eigenvalue weighted by atomic mass is 10.0. The number of phosphoric ester groups is 1. The van der Waals surface area contributed by atoms with Gasteiger partial charge < -0.3 is 24.6 Å². The van der Waals surface area contributed by atoms with Gasteiger partial charge in [-0.2, -0.15) is 0 Å². The third-order valence-electron chi connectivity index (χ3n) is 8.70. The second-order valence-electron chi connectivity index (χ2n) is 13.7. The zero-order valence-corrected chi connectivity index (χ0v) is 32.6. The molecule has 292 valence electrons. The van der Waals surface area contributed by atoms with E-state index in [0.29, 0.717) is 6.61 Å². The predicted molar refractivity (Wildman–Crippen MR) is 201 cm³/mol. The van der Waals surface area contributed by atoms with Gasteiger partial charge in [-0.1, -0.05) is 161 Å². The molecule has 3 unspecified atom stereocenters. The van der Waals surface area contributed by atoms with Crippen LogP contribution in [0.4, 0.5) is 0 Å². The zero-order chi connectivity index (χ0) is 36.1. The first-order chi connectivity index (χ1) is 23.8. The Balaban J connectivity index is 4.14. The van der Waals surface area contributed by atoms with Crippen LogP contribution < -0.4 is 0 Å². The van der Waals surface area contributed by atoms with Crippen LogP contribution in [0.1, 0.15) is 187 Å². The molecule has 0 bridgehead atoms. The number of unbranched alkanes of at least 4 members (excludes halogenated alkanes) is 23. The minimum Gasteiger partial charge on any atom is -0.457 e. The van der Waals surface area contributed by atoms with Crippen LogP contribution >= 0.6 is 7.82 Å². The molecule has 0 fully saturated rings. The predicted octanol–water partition coefficient (Wildman–Crippen LogP) is 10.5. The molecule has 10 heteroatoms. The van der Waals surface area contributed by atoms with Crippen molar-refractivity contribution in [3.8, 4) is 0 Å². The maximum atomic E-state index is 12.5. The number of aliphatic hydroxyl groups is 2. The lowest BCUT2D eigenvalue weighted by Crippen LogP contribution is -2.29. The second kappa shape index (κ2) is 37.0. The molecule has 0 aromatic carbocycles. The van der Waals surface area contributed by atoms with E-state index in [4.69, 9.17) is 23.6 Å². The standard InChI is InChI=1S/C39H77O9P/c1-3-5-7-9-11-13-15-16-17-18-19-20-22-24-26-28-30-32-45-35-38(36-47-49(43,44)46-34-37(41)33-40)48-39(42)31-29-27-25-23-21-14-12-10-8-6-4-2/h10,12,37-38,40-41H,3-9,11,13-36H2,1-2H3,(H,43,44)/b12-10-. The van der Waals surface area contributed by atoms with Gasteiger partial charge in [-0.05, 0) is 32.1 Å². The molecule has 3 atom stereocenters. The first kappa shape index (κ1) is 48.2. The fourth-order valence-electron chi connectivity index (χ4n) is 5.57. The molecule has 0 saturated heterocycles. The summed E-state index contributed by atoms with van der Waals surface area (Å²) >= 11 is 0.